The molecule has 1 atom stereocenters. The predicted octanol–water partition coefficient (Wildman–Crippen LogP) is 2.58. The molecule has 0 amide bonds. The van der Waals surface area contributed by atoms with Crippen LogP contribution in [0.4, 0.5) is 0 Å². The Morgan fingerprint density at radius 1 is 1.42 bits per heavy atom. The number of carbonyl (C=O) groups is 1. The van der Waals surface area contributed by atoms with Gasteiger partial charge in [0.1, 0.15) is 0 Å². The fourth-order valence-corrected chi connectivity index (χ4v) is 3.24. The summed E-state index contributed by atoms with van der Waals surface area (Å²) in [6, 6.07) is 8.62. The fourth-order valence-electron chi connectivity index (χ4n) is 2.32. The van der Waals surface area contributed by atoms with Crippen molar-refractivity contribution < 1.29 is 9.53 Å². The Bertz CT molecular complexity index is 419. The van der Waals surface area contributed by atoms with Crippen molar-refractivity contribution in [1.29, 1.82) is 0 Å². The van der Waals surface area contributed by atoms with Crippen LogP contribution in [0.2, 0.25) is 0 Å². The highest BCUT2D eigenvalue weighted by atomic mass is 32.2. The standard InChI is InChI=1S/C15H21NO2S/c1-12-3-5-14(6-4-12)19-10-9-16-8-7-13(11-16)15(17)18-2/h3-6,13H,7-11H2,1-2H3. The number of thioether (sulfide) groups is 1. The van der Waals surface area contributed by atoms with Gasteiger partial charge in [-0.05, 0) is 32.0 Å². The highest BCUT2D eigenvalue weighted by Crippen LogP contribution is 2.21. The molecule has 1 aromatic rings. The number of ether oxygens (including phenoxy) is 1. The number of nitrogens with zero attached hydrogens (tertiary/aromatic N) is 1. The zero-order chi connectivity index (χ0) is 13.7. The summed E-state index contributed by atoms with van der Waals surface area (Å²) >= 11 is 1.87. The van der Waals surface area contributed by atoms with Crippen molar-refractivity contribution in [2.45, 2.75) is 18.2 Å². The number of carbonyl (C=O) groups excluding carboxylic acids is 1. The monoisotopic (exact) mass is 279 g/mol. The Hall–Kier alpha value is -1.00. The van der Waals surface area contributed by atoms with Crippen molar-refractivity contribution in [3.8, 4) is 0 Å². The summed E-state index contributed by atoms with van der Waals surface area (Å²) in [7, 11) is 1.47. The van der Waals surface area contributed by atoms with Gasteiger partial charge in [-0.3, -0.25) is 4.79 Å². The molecule has 0 spiro atoms. The van der Waals surface area contributed by atoms with Crippen molar-refractivity contribution >= 4 is 17.7 Å². The van der Waals surface area contributed by atoms with Gasteiger partial charge < -0.3 is 9.64 Å². The van der Waals surface area contributed by atoms with E-state index in [-0.39, 0.29) is 11.9 Å². The van der Waals surface area contributed by atoms with E-state index < -0.39 is 0 Å². The third-order valence-corrected chi connectivity index (χ3v) is 4.50. The number of aryl methyl sites for hydroxylation is 1. The van der Waals surface area contributed by atoms with Crippen LogP contribution >= 0.6 is 11.8 Å². The highest BCUT2D eigenvalue weighted by molar-refractivity contribution is 7.99. The van der Waals surface area contributed by atoms with Crippen LogP contribution in [0, 0.1) is 12.8 Å². The molecule has 1 heterocycles. The molecule has 4 heteroatoms. The molecule has 0 aromatic heterocycles. The fraction of sp³-hybridized carbons (Fsp3) is 0.533. The van der Waals surface area contributed by atoms with Gasteiger partial charge in [-0.1, -0.05) is 17.7 Å². The highest BCUT2D eigenvalue weighted by Gasteiger charge is 2.28. The Kier molecular flexibility index (Phi) is 5.28. The lowest BCUT2D eigenvalue weighted by Gasteiger charge is -2.14. The number of benzene rings is 1. The molecule has 1 aliphatic rings. The van der Waals surface area contributed by atoms with Crippen LogP contribution < -0.4 is 0 Å². The Morgan fingerprint density at radius 2 is 2.16 bits per heavy atom. The van der Waals surface area contributed by atoms with Crippen molar-refractivity contribution in [3.63, 3.8) is 0 Å². The maximum atomic E-state index is 11.4. The van der Waals surface area contributed by atoms with Crippen LogP contribution in [-0.4, -0.2) is 43.4 Å². The molecule has 0 aliphatic carbocycles. The second-order valence-corrected chi connectivity index (χ2v) is 6.14. The van der Waals surface area contributed by atoms with Gasteiger partial charge in [0.05, 0.1) is 13.0 Å². The average Bonchev–Trinajstić information content (AvgIpc) is 2.89. The number of rotatable bonds is 5. The van der Waals surface area contributed by atoms with Crippen molar-refractivity contribution in [2.24, 2.45) is 5.92 Å². The zero-order valence-corrected chi connectivity index (χ0v) is 12.4. The van der Waals surface area contributed by atoms with Crippen LogP contribution in [0.5, 0.6) is 0 Å². The van der Waals surface area contributed by atoms with E-state index in [2.05, 4.69) is 36.1 Å². The smallest absolute Gasteiger partial charge is 0.310 e. The second kappa shape index (κ2) is 6.96. The SMILES string of the molecule is COC(=O)C1CCN(CCSc2ccc(C)cc2)C1. The maximum Gasteiger partial charge on any atom is 0.310 e. The summed E-state index contributed by atoms with van der Waals surface area (Å²) in [5.74, 6) is 1.08. The molecule has 1 saturated heterocycles. The van der Waals surface area contributed by atoms with Crippen LogP contribution in [0.1, 0.15) is 12.0 Å². The molecule has 1 fully saturated rings. The number of likely N-dealkylation sites (tertiary alicyclic amines) is 1. The lowest BCUT2D eigenvalue weighted by Crippen LogP contribution is -2.25. The van der Waals surface area contributed by atoms with Crippen molar-refractivity contribution in [3.05, 3.63) is 29.8 Å². The quantitative estimate of drug-likeness (QED) is 0.612. The number of hydrogen-bond donors (Lipinski definition) is 0. The molecule has 0 bridgehead atoms. The normalized spacial score (nSPS) is 19.6. The van der Waals surface area contributed by atoms with E-state index in [1.54, 1.807) is 0 Å². The topological polar surface area (TPSA) is 29.5 Å². The molecule has 0 radical (unpaired) electrons. The average molecular weight is 279 g/mol. The number of hydrogen-bond acceptors (Lipinski definition) is 4. The molecular weight excluding hydrogens is 258 g/mol. The van der Waals surface area contributed by atoms with Gasteiger partial charge in [0, 0.05) is 23.7 Å². The van der Waals surface area contributed by atoms with E-state index in [1.807, 2.05) is 11.8 Å². The van der Waals surface area contributed by atoms with E-state index in [0.717, 1.165) is 31.8 Å². The summed E-state index contributed by atoms with van der Waals surface area (Å²) in [4.78, 5) is 15.1. The van der Waals surface area contributed by atoms with Gasteiger partial charge >= 0.3 is 5.97 Å². The van der Waals surface area contributed by atoms with E-state index in [0.29, 0.717) is 0 Å². The molecule has 1 aliphatic heterocycles. The van der Waals surface area contributed by atoms with Gasteiger partial charge in [0.25, 0.3) is 0 Å². The molecular formula is C15H21NO2S. The van der Waals surface area contributed by atoms with Crippen LogP contribution in [-0.2, 0) is 9.53 Å². The second-order valence-electron chi connectivity index (χ2n) is 4.97. The molecule has 3 nitrogen and oxygen atoms in total. The minimum atomic E-state index is -0.0614. The predicted molar refractivity (Wildman–Crippen MR) is 78.5 cm³/mol. The molecule has 19 heavy (non-hydrogen) atoms. The first-order valence-corrected chi connectivity index (χ1v) is 7.67. The Labute approximate surface area is 119 Å². The summed E-state index contributed by atoms with van der Waals surface area (Å²) in [5, 5.41) is 0. The lowest BCUT2D eigenvalue weighted by molar-refractivity contribution is -0.144. The van der Waals surface area contributed by atoms with E-state index in [1.165, 1.54) is 17.6 Å². The van der Waals surface area contributed by atoms with Crippen LogP contribution in [0.3, 0.4) is 0 Å². The van der Waals surface area contributed by atoms with Gasteiger partial charge in [-0.25, -0.2) is 0 Å². The van der Waals surface area contributed by atoms with Gasteiger partial charge in [-0.2, -0.15) is 0 Å². The van der Waals surface area contributed by atoms with Crippen molar-refractivity contribution in [1.82, 2.24) is 4.90 Å². The van der Waals surface area contributed by atoms with Crippen LogP contribution in [0.15, 0.2) is 29.2 Å². The molecule has 1 aromatic carbocycles. The first kappa shape index (κ1) is 14.4. The molecule has 0 N–H and O–H groups in total. The number of esters is 1. The first-order valence-electron chi connectivity index (χ1n) is 6.68. The Balaban J connectivity index is 1.69. The van der Waals surface area contributed by atoms with Crippen molar-refractivity contribution in [2.75, 3.05) is 32.5 Å². The summed E-state index contributed by atoms with van der Waals surface area (Å²) in [6.07, 6.45) is 0.932. The summed E-state index contributed by atoms with van der Waals surface area (Å²) in [5.41, 5.74) is 1.30. The zero-order valence-electron chi connectivity index (χ0n) is 11.6. The van der Waals surface area contributed by atoms with Gasteiger partial charge in [0.2, 0.25) is 0 Å². The molecule has 1 unspecified atom stereocenters. The molecule has 2 rings (SSSR count). The minimum Gasteiger partial charge on any atom is -0.469 e. The van der Waals surface area contributed by atoms with E-state index in [4.69, 9.17) is 4.74 Å². The summed E-state index contributed by atoms with van der Waals surface area (Å²) < 4.78 is 4.80. The van der Waals surface area contributed by atoms with Gasteiger partial charge in [0.15, 0.2) is 0 Å². The van der Waals surface area contributed by atoms with Crippen LogP contribution in [0.25, 0.3) is 0 Å². The maximum absolute atomic E-state index is 11.4. The largest absolute Gasteiger partial charge is 0.469 e. The molecule has 104 valence electrons. The lowest BCUT2D eigenvalue weighted by atomic mass is 10.1. The molecule has 0 saturated carbocycles. The minimum absolute atomic E-state index is 0.0614. The van der Waals surface area contributed by atoms with E-state index >= 15 is 0 Å². The third kappa shape index (κ3) is 4.25. The Morgan fingerprint density at radius 3 is 2.84 bits per heavy atom. The summed E-state index contributed by atoms with van der Waals surface area (Å²) in [6.45, 7) is 4.99. The van der Waals surface area contributed by atoms with Gasteiger partial charge in [-0.15, -0.1) is 11.8 Å². The third-order valence-electron chi connectivity index (χ3n) is 3.50. The van der Waals surface area contributed by atoms with E-state index in [9.17, 15) is 4.79 Å². The number of methoxy groups -OCH3 is 1. The first-order chi connectivity index (χ1) is 9.19.